The molecule has 0 atom stereocenters. The van der Waals surface area contributed by atoms with E-state index in [1.54, 1.807) is 0 Å². The second kappa shape index (κ2) is 13.4. The minimum Gasteiger partial charge on any atom is -0.550 e. The van der Waals surface area contributed by atoms with E-state index < -0.39 is 25.2 Å². The number of hydrogen-bond donors (Lipinski definition) is 1. The summed E-state index contributed by atoms with van der Waals surface area (Å²) in [6.45, 7) is 3.08. The van der Waals surface area contributed by atoms with Crippen LogP contribution in [0.15, 0.2) is 0 Å². The molecule has 0 aromatic rings. The third-order valence-corrected chi connectivity index (χ3v) is 0.496. The monoisotopic (exact) mass is 260 g/mol. The van der Waals surface area contributed by atoms with E-state index in [0.29, 0.717) is 0 Å². The number of carboxylic acids is 1. The van der Waals surface area contributed by atoms with Crippen LogP contribution in [0.2, 0.25) is 0 Å². The summed E-state index contributed by atoms with van der Waals surface area (Å²) in [6, 6.07) is 0. The fourth-order valence-corrected chi connectivity index (χ4v) is 0.234. The maximum absolute atomic E-state index is 10.1. The van der Waals surface area contributed by atoms with E-state index in [1.807, 2.05) is 0 Å². The number of rotatable bonds is 4. The zero-order chi connectivity index (χ0) is 13.1. The molecule has 11 heteroatoms. The molecule has 9 nitrogen and oxygen atoms in total. The number of carboxylic acid groups (broad SMARTS) is 1. The van der Waals surface area contributed by atoms with Crippen LogP contribution in [0.4, 0.5) is 0 Å². The van der Waals surface area contributed by atoms with Crippen LogP contribution in [0.3, 0.4) is 0 Å². The molecule has 17 heavy (non-hydrogen) atoms. The van der Waals surface area contributed by atoms with Crippen LogP contribution >= 0.6 is 0 Å². The van der Waals surface area contributed by atoms with Gasteiger partial charge in [-0.3, -0.25) is 0 Å². The summed E-state index contributed by atoms with van der Waals surface area (Å²) >= 11 is 0. The van der Waals surface area contributed by atoms with Gasteiger partial charge >= 0.3 is 48.8 Å². The molecular weight excluding hydrogens is 250 g/mol. The van der Waals surface area contributed by atoms with Gasteiger partial charge in [-0.05, 0) is 6.92 Å². The molecular formula is C6H10BNaO9. The first-order chi connectivity index (χ1) is 7.25. The van der Waals surface area contributed by atoms with Crippen LogP contribution in [-0.4, -0.2) is 30.3 Å². The molecule has 0 aliphatic rings. The summed E-state index contributed by atoms with van der Waals surface area (Å²) in [4.78, 5) is 44.4. The van der Waals surface area contributed by atoms with Crippen LogP contribution in [0.5, 0.6) is 0 Å². The molecule has 0 spiro atoms. The van der Waals surface area contributed by atoms with Gasteiger partial charge in [0, 0.05) is 19.8 Å². The summed E-state index contributed by atoms with van der Waals surface area (Å²) < 4.78 is 0. The van der Waals surface area contributed by atoms with Gasteiger partial charge in [-0.15, -0.1) is 0 Å². The average molecular weight is 260 g/mol. The van der Waals surface area contributed by atoms with Crippen molar-refractivity contribution >= 4 is 25.2 Å². The zero-order valence-electron chi connectivity index (χ0n) is 9.79. The molecule has 0 aliphatic carbocycles. The van der Waals surface area contributed by atoms with Crippen LogP contribution in [-0.2, 0) is 33.8 Å². The number of aliphatic carboxylic acids is 1. The average Bonchev–Trinajstić information content (AvgIpc) is 2.10. The van der Waals surface area contributed by atoms with E-state index in [4.69, 9.17) is 14.9 Å². The molecule has 0 fully saturated rings. The molecule has 92 valence electrons. The molecule has 0 unspecified atom stereocenters. The molecule has 0 aromatic carbocycles. The molecule has 0 radical (unpaired) electrons. The number of carbonyl (C=O) groups excluding carboxylic acids is 3. The van der Waals surface area contributed by atoms with Crippen LogP contribution < -0.4 is 34.7 Å². The molecule has 0 bridgehead atoms. The predicted octanol–water partition coefficient (Wildman–Crippen LogP) is -5.29. The van der Waals surface area contributed by atoms with Gasteiger partial charge in [0.2, 0.25) is 0 Å². The molecule has 0 amide bonds. The van der Waals surface area contributed by atoms with E-state index >= 15 is 0 Å². The van der Waals surface area contributed by atoms with Crippen molar-refractivity contribution in [1.29, 1.82) is 0 Å². The Morgan fingerprint density at radius 1 is 1.00 bits per heavy atom. The van der Waals surface area contributed by atoms with Crippen molar-refractivity contribution < 1.29 is 73.5 Å². The summed E-state index contributed by atoms with van der Waals surface area (Å²) in [5.74, 6) is -2.64. The molecule has 0 saturated carbocycles. The first-order valence-corrected chi connectivity index (χ1v) is 3.79. The normalized spacial score (nSPS) is 7.76. The van der Waals surface area contributed by atoms with E-state index in [0.717, 1.165) is 20.8 Å². The third-order valence-electron chi connectivity index (χ3n) is 0.496. The predicted molar refractivity (Wildman–Crippen MR) is 44.4 cm³/mol. The molecule has 0 saturated heterocycles. The Morgan fingerprint density at radius 3 is 1.41 bits per heavy atom. The summed E-state index contributed by atoms with van der Waals surface area (Å²) in [6.07, 6.45) is 0. The van der Waals surface area contributed by atoms with Crippen LogP contribution in [0.25, 0.3) is 0 Å². The third kappa shape index (κ3) is 31.3. The smallest absolute Gasteiger partial charge is 0.550 e. The fourth-order valence-electron chi connectivity index (χ4n) is 0.234. The molecule has 1 N–H and O–H groups in total. The zero-order valence-corrected chi connectivity index (χ0v) is 11.8. The van der Waals surface area contributed by atoms with Crippen molar-refractivity contribution in [3.05, 3.63) is 0 Å². The van der Waals surface area contributed by atoms with E-state index in [-0.39, 0.29) is 29.6 Å². The van der Waals surface area contributed by atoms with E-state index in [1.165, 1.54) is 0 Å². The van der Waals surface area contributed by atoms with Gasteiger partial charge in [0.05, 0.1) is 0 Å². The standard InChI is InChI=1S/C4H7BO7.C2H4O2.Na/c1-3(6)9-11-5(8)12-10-4(2)7;1-2(3)4;/h8H,1-2H3;1H3,(H,3,4);/q;;+1/p-1. The van der Waals surface area contributed by atoms with Crippen molar-refractivity contribution in [3.63, 3.8) is 0 Å². The Labute approximate surface area is 119 Å². The minimum absolute atomic E-state index is 0. The van der Waals surface area contributed by atoms with E-state index in [9.17, 15) is 9.59 Å². The van der Waals surface area contributed by atoms with Gasteiger partial charge in [-0.2, -0.15) is 9.61 Å². The summed E-state index contributed by atoms with van der Waals surface area (Å²) in [7, 11) is -1.95. The Kier molecular flexibility index (Phi) is 17.1. The first kappa shape index (κ1) is 21.6. The quantitative estimate of drug-likeness (QED) is 0.299. The van der Waals surface area contributed by atoms with Gasteiger partial charge in [-0.1, -0.05) is 0 Å². The Morgan fingerprint density at radius 2 is 1.24 bits per heavy atom. The second-order valence-corrected chi connectivity index (χ2v) is 2.14. The fraction of sp³-hybridized carbons (Fsp3) is 0.500. The van der Waals surface area contributed by atoms with Gasteiger partial charge in [0.1, 0.15) is 0 Å². The van der Waals surface area contributed by atoms with Gasteiger partial charge < -0.3 is 24.7 Å². The maximum atomic E-state index is 10.1. The Hall–Kier alpha value is -0.645. The topological polar surface area (TPSA) is 131 Å². The minimum atomic E-state index is -1.95. The Balaban J connectivity index is -0.000000340. The van der Waals surface area contributed by atoms with Gasteiger partial charge in [0.25, 0.3) is 0 Å². The molecule has 0 aliphatic heterocycles. The van der Waals surface area contributed by atoms with Crippen molar-refractivity contribution in [2.75, 3.05) is 0 Å². The molecule has 0 heterocycles. The van der Waals surface area contributed by atoms with E-state index in [2.05, 4.69) is 19.4 Å². The van der Waals surface area contributed by atoms with Crippen molar-refractivity contribution in [2.45, 2.75) is 20.8 Å². The van der Waals surface area contributed by atoms with Crippen LogP contribution in [0, 0.1) is 0 Å². The number of hydrogen-bond acceptors (Lipinski definition) is 9. The van der Waals surface area contributed by atoms with Crippen molar-refractivity contribution in [1.82, 2.24) is 0 Å². The summed E-state index contributed by atoms with van der Waals surface area (Å²) in [5.41, 5.74) is 0. The first-order valence-electron chi connectivity index (χ1n) is 3.79. The van der Waals surface area contributed by atoms with Crippen molar-refractivity contribution in [2.24, 2.45) is 0 Å². The van der Waals surface area contributed by atoms with Gasteiger partial charge in [-0.25, -0.2) is 9.59 Å². The molecule has 0 rings (SSSR count). The molecule has 0 aromatic heterocycles. The van der Waals surface area contributed by atoms with Crippen molar-refractivity contribution in [3.8, 4) is 0 Å². The van der Waals surface area contributed by atoms with Crippen LogP contribution in [0.1, 0.15) is 20.8 Å². The Bertz CT molecular complexity index is 224. The summed E-state index contributed by atoms with van der Waals surface area (Å²) in [5, 5.41) is 17.4. The largest absolute Gasteiger partial charge is 1.00 e. The second-order valence-electron chi connectivity index (χ2n) is 2.14. The SMILES string of the molecule is CC(=O)OOB(O)OOC(C)=O.CC(=O)[O-].[Na+]. The van der Waals surface area contributed by atoms with Gasteiger partial charge in [0.15, 0.2) is 0 Å². The number of carbonyl (C=O) groups is 3. The maximum Gasteiger partial charge on any atom is 1.00 e.